The number of nitrogens with zero attached hydrogens (tertiary/aromatic N) is 2. The van der Waals surface area contributed by atoms with E-state index in [4.69, 9.17) is 5.11 Å². The van der Waals surface area contributed by atoms with Crippen molar-refractivity contribution in [1.29, 1.82) is 0 Å². The Morgan fingerprint density at radius 1 is 1.32 bits per heavy atom. The second-order valence-corrected chi connectivity index (χ2v) is 5.03. The zero-order chi connectivity index (χ0) is 15.9. The zero-order valence-corrected chi connectivity index (χ0v) is 12.4. The maximum absolute atomic E-state index is 12.3. The zero-order valence-electron chi connectivity index (χ0n) is 12.4. The molecule has 1 unspecified atom stereocenters. The number of nitrogens with one attached hydrogen (secondary N) is 1. The lowest BCUT2D eigenvalue weighted by molar-refractivity contribution is -0.137. The summed E-state index contributed by atoms with van der Waals surface area (Å²) in [5.41, 5.74) is 1.19. The summed E-state index contributed by atoms with van der Waals surface area (Å²) in [4.78, 5) is 23.3. The molecule has 2 N–H and O–H groups in total. The average Bonchev–Trinajstić information content (AvgIpc) is 2.96. The van der Waals surface area contributed by atoms with Crippen LogP contribution in [0.25, 0.3) is 0 Å². The molecular weight excluding hydrogens is 282 g/mol. The Morgan fingerprint density at radius 2 is 2.05 bits per heavy atom. The van der Waals surface area contributed by atoms with Crippen molar-refractivity contribution >= 4 is 11.9 Å². The van der Waals surface area contributed by atoms with E-state index in [0.29, 0.717) is 5.56 Å². The van der Waals surface area contributed by atoms with Crippen LogP contribution in [0.2, 0.25) is 0 Å². The van der Waals surface area contributed by atoms with Gasteiger partial charge in [0.15, 0.2) is 0 Å². The fourth-order valence-corrected chi connectivity index (χ4v) is 2.19. The molecular formula is C16H19N3O3. The molecule has 2 aromatic rings. The summed E-state index contributed by atoms with van der Waals surface area (Å²) in [6, 6.07) is 8.51. The molecule has 0 aliphatic heterocycles. The highest BCUT2D eigenvalue weighted by molar-refractivity contribution is 5.94. The number of aliphatic carboxylic acids is 1. The van der Waals surface area contributed by atoms with Gasteiger partial charge in [-0.2, -0.15) is 5.10 Å². The number of amides is 1. The molecule has 6 nitrogen and oxygen atoms in total. The van der Waals surface area contributed by atoms with E-state index in [-0.39, 0.29) is 12.3 Å². The fraction of sp³-hybridized carbons (Fsp3) is 0.312. The molecule has 0 saturated carbocycles. The van der Waals surface area contributed by atoms with Gasteiger partial charge in [-0.05, 0) is 12.0 Å². The Balaban J connectivity index is 2.12. The number of carbonyl (C=O) groups excluding carboxylic acids is 1. The standard InChI is InChI=1S/C16H19N3O3/c1-2-8-19-11-13(10-17-19)16(22)18-14(9-15(20)21)12-6-4-3-5-7-12/h3-7,10-11,14H,2,8-9H2,1H3,(H,18,22)(H,20,21). The molecule has 2 rings (SSSR count). The third-order valence-electron chi connectivity index (χ3n) is 3.23. The fourth-order valence-electron chi connectivity index (χ4n) is 2.19. The summed E-state index contributed by atoms with van der Waals surface area (Å²) >= 11 is 0. The predicted molar refractivity (Wildman–Crippen MR) is 81.4 cm³/mol. The lowest BCUT2D eigenvalue weighted by Gasteiger charge is -2.16. The third-order valence-corrected chi connectivity index (χ3v) is 3.23. The maximum atomic E-state index is 12.3. The lowest BCUT2D eigenvalue weighted by Crippen LogP contribution is -2.30. The van der Waals surface area contributed by atoms with Gasteiger partial charge in [0.2, 0.25) is 0 Å². The van der Waals surface area contributed by atoms with Crippen molar-refractivity contribution in [2.45, 2.75) is 32.4 Å². The Morgan fingerprint density at radius 3 is 2.68 bits per heavy atom. The molecule has 0 fully saturated rings. The van der Waals surface area contributed by atoms with Gasteiger partial charge < -0.3 is 10.4 Å². The maximum Gasteiger partial charge on any atom is 0.305 e. The number of aromatic nitrogens is 2. The number of rotatable bonds is 7. The number of benzene rings is 1. The van der Waals surface area contributed by atoms with Crippen molar-refractivity contribution in [3.63, 3.8) is 0 Å². The van der Waals surface area contributed by atoms with Crippen molar-refractivity contribution in [2.75, 3.05) is 0 Å². The molecule has 0 aliphatic rings. The van der Waals surface area contributed by atoms with Gasteiger partial charge in [-0.3, -0.25) is 14.3 Å². The van der Waals surface area contributed by atoms with Crippen LogP contribution in [0.3, 0.4) is 0 Å². The van der Waals surface area contributed by atoms with Gasteiger partial charge in [0.1, 0.15) is 0 Å². The quantitative estimate of drug-likeness (QED) is 0.821. The van der Waals surface area contributed by atoms with Gasteiger partial charge in [-0.15, -0.1) is 0 Å². The van der Waals surface area contributed by atoms with Crippen LogP contribution < -0.4 is 5.32 Å². The van der Waals surface area contributed by atoms with Crippen LogP contribution in [0.5, 0.6) is 0 Å². The van der Waals surface area contributed by atoms with Crippen molar-refractivity contribution in [1.82, 2.24) is 15.1 Å². The lowest BCUT2D eigenvalue weighted by atomic mass is 10.0. The highest BCUT2D eigenvalue weighted by atomic mass is 16.4. The van der Waals surface area contributed by atoms with E-state index < -0.39 is 12.0 Å². The van der Waals surface area contributed by atoms with Gasteiger partial charge in [0.05, 0.1) is 24.2 Å². The van der Waals surface area contributed by atoms with Crippen LogP contribution in [0, 0.1) is 0 Å². The molecule has 0 aliphatic carbocycles. The normalized spacial score (nSPS) is 11.9. The molecule has 0 saturated heterocycles. The van der Waals surface area contributed by atoms with E-state index in [1.165, 1.54) is 6.20 Å². The minimum Gasteiger partial charge on any atom is -0.481 e. The van der Waals surface area contributed by atoms with E-state index in [9.17, 15) is 9.59 Å². The molecule has 6 heteroatoms. The van der Waals surface area contributed by atoms with E-state index >= 15 is 0 Å². The first-order valence-electron chi connectivity index (χ1n) is 7.20. The largest absolute Gasteiger partial charge is 0.481 e. The minimum absolute atomic E-state index is 0.168. The third kappa shape index (κ3) is 4.18. The second kappa shape index (κ2) is 7.40. The summed E-state index contributed by atoms with van der Waals surface area (Å²) in [5, 5.41) is 15.9. The number of carboxylic acid groups (broad SMARTS) is 1. The highest BCUT2D eigenvalue weighted by Gasteiger charge is 2.19. The number of hydrogen-bond acceptors (Lipinski definition) is 3. The van der Waals surface area contributed by atoms with Crippen LogP contribution >= 0.6 is 0 Å². The van der Waals surface area contributed by atoms with Gasteiger partial charge in [-0.25, -0.2) is 0 Å². The molecule has 1 atom stereocenters. The smallest absolute Gasteiger partial charge is 0.305 e. The molecule has 1 heterocycles. The Kier molecular flexibility index (Phi) is 5.30. The van der Waals surface area contributed by atoms with Crippen LogP contribution in [0.15, 0.2) is 42.7 Å². The van der Waals surface area contributed by atoms with E-state index in [1.54, 1.807) is 23.0 Å². The topological polar surface area (TPSA) is 84.2 Å². The van der Waals surface area contributed by atoms with Crippen molar-refractivity contribution in [3.8, 4) is 0 Å². The predicted octanol–water partition coefficient (Wildman–Crippen LogP) is 2.24. The van der Waals surface area contributed by atoms with Crippen molar-refractivity contribution < 1.29 is 14.7 Å². The summed E-state index contributed by atoms with van der Waals surface area (Å²) in [5.74, 6) is -1.28. The summed E-state index contributed by atoms with van der Waals surface area (Å²) in [7, 11) is 0. The molecule has 116 valence electrons. The second-order valence-electron chi connectivity index (χ2n) is 5.03. The van der Waals surface area contributed by atoms with Gasteiger partial charge >= 0.3 is 5.97 Å². The average molecular weight is 301 g/mol. The molecule has 1 amide bonds. The first-order chi connectivity index (χ1) is 10.6. The Hall–Kier alpha value is -2.63. The summed E-state index contributed by atoms with van der Waals surface area (Å²) in [6.45, 7) is 2.77. The highest BCUT2D eigenvalue weighted by Crippen LogP contribution is 2.17. The SMILES string of the molecule is CCCn1cc(C(=O)NC(CC(=O)O)c2ccccc2)cn1. The number of aryl methyl sites for hydroxylation is 1. The van der Waals surface area contributed by atoms with Crippen LogP contribution in [0.4, 0.5) is 0 Å². The first kappa shape index (κ1) is 15.8. The Bertz CT molecular complexity index is 637. The summed E-state index contributed by atoms with van der Waals surface area (Å²) < 4.78 is 1.70. The van der Waals surface area contributed by atoms with Crippen LogP contribution in [0.1, 0.15) is 41.7 Å². The van der Waals surface area contributed by atoms with Crippen LogP contribution in [-0.4, -0.2) is 26.8 Å². The van der Waals surface area contributed by atoms with Gasteiger partial charge in [-0.1, -0.05) is 37.3 Å². The number of hydrogen-bond donors (Lipinski definition) is 2. The molecule has 0 bridgehead atoms. The molecule has 1 aromatic heterocycles. The van der Waals surface area contributed by atoms with Gasteiger partial charge in [0.25, 0.3) is 5.91 Å². The van der Waals surface area contributed by atoms with E-state index in [2.05, 4.69) is 10.4 Å². The monoisotopic (exact) mass is 301 g/mol. The first-order valence-corrected chi connectivity index (χ1v) is 7.20. The van der Waals surface area contributed by atoms with Crippen molar-refractivity contribution in [3.05, 3.63) is 53.9 Å². The van der Waals surface area contributed by atoms with E-state index in [0.717, 1.165) is 18.5 Å². The minimum atomic E-state index is -0.962. The summed E-state index contributed by atoms with van der Waals surface area (Å²) in [6.07, 6.45) is 3.92. The molecule has 0 radical (unpaired) electrons. The molecule has 22 heavy (non-hydrogen) atoms. The number of carbonyl (C=O) groups is 2. The number of carboxylic acids is 1. The Labute approximate surface area is 128 Å². The molecule has 1 aromatic carbocycles. The van der Waals surface area contributed by atoms with E-state index in [1.807, 2.05) is 25.1 Å². The van der Waals surface area contributed by atoms with Gasteiger partial charge in [0, 0.05) is 12.7 Å². The van der Waals surface area contributed by atoms with Crippen molar-refractivity contribution in [2.24, 2.45) is 0 Å². The molecule has 0 spiro atoms. The van der Waals surface area contributed by atoms with Crippen LogP contribution in [-0.2, 0) is 11.3 Å².